The number of methoxy groups -OCH3 is 1. The lowest BCUT2D eigenvalue weighted by molar-refractivity contribution is -0.123. The van der Waals surface area contributed by atoms with Crippen molar-refractivity contribution in [3.05, 3.63) is 34.7 Å². The lowest BCUT2D eigenvalue weighted by Crippen LogP contribution is -2.36. The topological polar surface area (TPSA) is 29.5 Å². The molecule has 1 fully saturated rings. The van der Waals surface area contributed by atoms with Gasteiger partial charge in [0, 0.05) is 11.6 Å². The zero-order valence-corrected chi connectivity index (χ0v) is 13.4. The molecule has 1 aromatic rings. The number of carbonyl (C=O) groups excluding carboxylic acids is 1. The van der Waals surface area contributed by atoms with Crippen molar-refractivity contribution in [2.45, 2.75) is 26.3 Å². The first-order valence-corrected chi connectivity index (χ1v) is 7.71. The summed E-state index contributed by atoms with van der Waals surface area (Å²) >= 11 is 6.66. The average molecular weight is 307 g/mol. The van der Waals surface area contributed by atoms with Crippen molar-refractivity contribution >= 4 is 40.3 Å². The van der Waals surface area contributed by atoms with Crippen molar-refractivity contribution in [2.24, 2.45) is 0 Å². The number of benzene rings is 1. The summed E-state index contributed by atoms with van der Waals surface area (Å²) in [5.74, 6) is 0.738. The fourth-order valence-corrected chi connectivity index (χ4v) is 3.42. The van der Waals surface area contributed by atoms with E-state index in [-0.39, 0.29) is 11.9 Å². The first kappa shape index (κ1) is 15.1. The highest BCUT2D eigenvalue weighted by molar-refractivity contribution is 8.26. The minimum absolute atomic E-state index is 0.0137. The minimum Gasteiger partial charge on any atom is -0.496 e. The maximum Gasteiger partial charge on any atom is 0.266 e. The van der Waals surface area contributed by atoms with Crippen LogP contribution in [0.4, 0.5) is 0 Å². The summed E-state index contributed by atoms with van der Waals surface area (Å²) < 4.78 is 5.93. The van der Waals surface area contributed by atoms with E-state index in [9.17, 15) is 4.79 Å². The number of rotatable bonds is 4. The van der Waals surface area contributed by atoms with E-state index in [0.717, 1.165) is 17.7 Å². The number of amides is 1. The molecular formula is C15H17NO2S2. The highest BCUT2D eigenvalue weighted by atomic mass is 32.2. The van der Waals surface area contributed by atoms with Gasteiger partial charge in [-0.25, -0.2) is 0 Å². The van der Waals surface area contributed by atoms with Crippen LogP contribution in [0.25, 0.3) is 6.08 Å². The van der Waals surface area contributed by atoms with Crippen LogP contribution in [0, 0.1) is 0 Å². The maximum absolute atomic E-state index is 12.4. The highest BCUT2D eigenvalue weighted by Crippen LogP contribution is 2.35. The molecule has 1 amide bonds. The first-order valence-electron chi connectivity index (χ1n) is 6.48. The number of hydrogen-bond acceptors (Lipinski definition) is 4. The lowest BCUT2D eigenvalue weighted by atomic mass is 10.1. The molecule has 0 saturated carbocycles. The van der Waals surface area contributed by atoms with Gasteiger partial charge in [0.1, 0.15) is 10.1 Å². The summed E-state index contributed by atoms with van der Waals surface area (Å²) in [6.45, 7) is 4.06. The lowest BCUT2D eigenvalue weighted by Gasteiger charge is -2.21. The molecule has 0 radical (unpaired) electrons. The quantitative estimate of drug-likeness (QED) is 0.627. The van der Waals surface area contributed by atoms with Gasteiger partial charge < -0.3 is 4.74 Å². The number of hydrogen-bond donors (Lipinski definition) is 0. The van der Waals surface area contributed by atoms with Gasteiger partial charge in [-0.1, -0.05) is 49.1 Å². The molecule has 1 aliphatic heterocycles. The average Bonchev–Trinajstić information content (AvgIpc) is 2.73. The van der Waals surface area contributed by atoms with Crippen LogP contribution in [-0.4, -0.2) is 28.3 Å². The Morgan fingerprint density at radius 1 is 1.45 bits per heavy atom. The fourth-order valence-electron chi connectivity index (χ4n) is 1.97. The van der Waals surface area contributed by atoms with Gasteiger partial charge in [-0.15, -0.1) is 0 Å². The summed E-state index contributed by atoms with van der Waals surface area (Å²) in [5, 5.41) is 0. The second-order valence-electron chi connectivity index (χ2n) is 4.55. The predicted molar refractivity (Wildman–Crippen MR) is 87.8 cm³/mol. The molecule has 1 saturated heterocycles. The molecule has 3 nitrogen and oxygen atoms in total. The molecule has 1 heterocycles. The third-order valence-corrected chi connectivity index (χ3v) is 4.61. The molecule has 1 aliphatic rings. The number of nitrogens with zero attached hydrogens (tertiary/aromatic N) is 1. The first-order chi connectivity index (χ1) is 9.58. The zero-order valence-electron chi connectivity index (χ0n) is 11.8. The number of thiocarbonyl (C=S) groups is 1. The molecule has 0 N–H and O–H groups in total. The van der Waals surface area contributed by atoms with E-state index >= 15 is 0 Å². The Labute approximate surface area is 129 Å². The van der Waals surface area contributed by atoms with E-state index in [1.165, 1.54) is 11.8 Å². The van der Waals surface area contributed by atoms with Crippen LogP contribution in [-0.2, 0) is 4.79 Å². The third-order valence-electron chi connectivity index (χ3n) is 3.28. The molecule has 2 rings (SSSR count). The van der Waals surface area contributed by atoms with Crippen LogP contribution in [0.3, 0.4) is 0 Å². The second kappa shape index (κ2) is 6.41. The van der Waals surface area contributed by atoms with Gasteiger partial charge in [0.2, 0.25) is 0 Å². The standard InChI is InChI=1S/C15H17NO2S2/c1-4-10(2)16-14(17)13(20-15(16)19)9-11-7-5-6-8-12(11)18-3/h5-10H,4H2,1-3H3/b13-9-/t10-/m0/s1. The van der Waals surface area contributed by atoms with Crippen molar-refractivity contribution in [2.75, 3.05) is 7.11 Å². The summed E-state index contributed by atoms with van der Waals surface area (Å²) in [5.41, 5.74) is 0.889. The van der Waals surface area contributed by atoms with Gasteiger partial charge >= 0.3 is 0 Å². The van der Waals surface area contributed by atoms with Gasteiger partial charge in [-0.3, -0.25) is 9.69 Å². The predicted octanol–water partition coefficient (Wildman–Crippen LogP) is 3.69. The van der Waals surface area contributed by atoms with Crippen LogP contribution in [0.1, 0.15) is 25.8 Å². The summed E-state index contributed by atoms with van der Waals surface area (Å²) in [7, 11) is 1.62. The van der Waals surface area contributed by atoms with Gasteiger partial charge in [0.15, 0.2) is 0 Å². The monoisotopic (exact) mass is 307 g/mol. The van der Waals surface area contributed by atoms with E-state index in [1.54, 1.807) is 12.0 Å². The summed E-state index contributed by atoms with van der Waals surface area (Å²) in [6.07, 6.45) is 2.73. The number of thioether (sulfide) groups is 1. The normalized spacial score (nSPS) is 18.8. The Hall–Kier alpha value is -1.33. The van der Waals surface area contributed by atoms with Crippen LogP contribution in [0.5, 0.6) is 5.75 Å². The van der Waals surface area contributed by atoms with Gasteiger partial charge in [0.05, 0.1) is 12.0 Å². The smallest absolute Gasteiger partial charge is 0.266 e. The Bertz CT molecular complexity index is 569. The zero-order chi connectivity index (χ0) is 14.7. The number of carbonyl (C=O) groups is 1. The fraction of sp³-hybridized carbons (Fsp3) is 0.333. The van der Waals surface area contributed by atoms with E-state index in [4.69, 9.17) is 17.0 Å². The van der Waals surface area contributed by atoms with E-state index < -0.39 is 0 Å². The van der Waals surface area contributed by atoms with Crippen LogP contribution in [0.15, 0.2) is 29.2 Å². The molecular weight excluding hydrogens is 290 g/mol. The van der Waals surface area contributed by atoms with Gasteiger partial charge in [0.25, 0.3) is 5.91 Å². The number of ether oxygens (including phenoxy) is 1. The van der Waals surface area contributed by atoms with Crippen molar-refractivity contribution in [1.29, 1.82) is 0 Å². The highest BCUT2D eigenvalue weighted by Gasteiger charge is 2.34. The maximum atomic E-state index is 12.4. The number of para-hydroxylation sites is 1. The minimum atomic E-state index is -0.0137. The van der Waals surface area contributed by atoms with Crippen LogP contribution < -0.4 is 4.74 Å². The Morgan fingerprint density at radius 3 is 2.80 bits per heavy atom. The van der Waals surface area contributed by atoms with Crippen molar-refractivity contribution in [3.8, 4) is 5.75 Å². The molecule has 0 spiro atoms. The van der Waals surface area contributed by atoms with Crippen molar-refractivity contribution in [1.82, 2.24) is 4.90 Å². The summed E-state index contributed by atoms with van der Waals surface area (Å²) in [4.78, 5) is 14.8. The molecule has 0 unspecified atom stereocenters. The molecule has 106 valence electrons. The Balaban J connectivity index is 2.33. The van der Waals surface area contributed by atoms with Gasteiger partial charge in [-0.2, -0.15) is 0 Å². The van der Waals surface area contributed by atoms with E-state index in [0.29, 0.717) is 9.23 Å². The van der Waals surface area contributed by atoms with E-state index in [2.05, 4.69) is 0 Å². The molecule has 0 aromatic heterocycles. The molecule has 5 heteroatoms. The largest absolute Gasteiger partial charge is 0.496 e. The Kier molecular flexibility index (Phi) is 4.83. The Morgan fingerprint density at radius 2 is 2.15 bits per heavy atom. The van der Waals surface area contributed by atoms with Crippen molar-refractivity contribution in [3.63, 3.8) is 0 Å². The molecule has 1 atom stereocenters. The van der Waals surface area contributed by atoms with Gasteiger partial charge in [-0.05, 0) is 25.5 Å². The molecule has 0 bridgehead atoms. The molecule has 1 aromatic carbocycles. The van der Waals surface area contributed by atoms with Crippen molar-refractivity contribution < 1.29 is 9.53 Å². The van der Waals surface area contributed by atoms with Crippen LogP contribution >= 0.6 is 24.0 Å². The third kappa shape index (κ3) is 2.88. The van der Waals surface area contributed by atoms with E-state index in [1.807, 2.05) is 44.2 Å². The summed E-state index contributed by atoms with van der Waals surface area (Å²) in [6, 6.07) is 7.76. The molecule has 0 aliphatic carbocycles. The molecule has 20 heavy (non-hydrogen) atoms. The second-order valence-corrected chi connectivity index (χ2v) is 6.23. The van der Waals surface area contributed by atoms with Crippen LogP contribution in [0.2, 0.25) is 0 Å². The SMILES string of the molecule is CC[C@H](C)N1C(=O)/C(=C/c2ccccc2OC)SC1=S.